The number of hydrogen-bond donors (Lipinski definition) is 2. The lowest BCUT2D eigenvalue weighted by molar-refractivity contribution is -0.123. The fourth-order valence-electron chi connectivity index (χ4n) is 0.820. The molecule has 80 valence electrons. The standard InChI is InChI=1S/C9H11N3O2S/c10-8(13)5-12-9(14)6-15-7-1-3-11-4-2-7/h1-4H,5-6H2,(H2,10,13)(H,12,14). The van der Waals surface area contributed by atoms with Crippen LogP contribution in [0.5, 0.6) is 0 Å². The maximum Gasteiger partial charge on any atom is 0.236 e. The molecule has 0 atom stereocenters. The van der Waals surface area contributed by atoms with E-state index in [9.17, 15) is 9.59 Å². The summed E-state index contributed by atoms with van der Waals surface area (Å²) in [6.45, 7) is -0.115. The third-order valence-electron chi connectivity index (χ3n) is 1.48. The van der Waals surface area contributed by atoms with Gasteiger partial charge in [0, 0.05) is 17.3 Å². The molecular formula is C9H11N3O2S. The van der Waals surface area contributed by atoms with Gasteiger partial charge in [-0.3, -0.25) is 14.6 Å². The second-order valence-corrected chi connectivity index (χ2v) is 3.76. The number of carbonyl (C=O) groups excluding carboxylic acids is 2. The van der Waals surface area contributed by atoms with E-state index in [-0.39, 0.29) is 18.2 Å². The first-order chi connectivity index (χ1) is 7.18. The predicted molar refractivity (Wildman–Crippen MR) is 57.2 cm³/mol. The Hall–Kier alpha value is -1.56. The van der Waals surface area contributed by atoms with Crippen LogP contribution in [-0.2, 0) is 9.59 Å². The van der Waals surface area contributed by atoms with E-state index in [1.807, 2.05) is 12.1 Å². The average Bonchev–Trinajstić information content (AvgIpc) is 2.25. The zero-order valence-electron chi connectivity index (χ0n) is 7.97. The number of nitrogens with two attached hydrogens (primary N) is 1. The van der Waals surface area contributed by atoms with E-state index < -0.39 is 5.91 Å². The fourth-order valence-corrected chi connectivity index (χ4v) is 1.53. The normalized spacial score (nSPS) is 9.60. The van der Waals surface area contributed by atoms with Crippen LogP contribution < -0.4 is 11.1 Å². The Morgan fingerprint density at radius 3 is 2.67 bits per heavy atom. The molecule has 0 aliphatic heterocycles. The van der Waals surface area contributed by atoms with Crippen molar-refractivity contribution < 1.29 is 9.59 Å². The molecule has 1 rings (SSSR count). The van der Waals surface area contributed by atoms with E-state index >= 15 is 0 Å². The van der Waals surface area contributed by atoms with Gasteiger partial charge in [-0.05, 0) is 12.1 Å². The number of nitrogens with one attached hydrogen (secondary N) is 1. The molecule has 0 unspecified atom stereocenters. The summed E-state index contributed by atoms with van der Waals surface area (Å²) in [6.07, 6.45) is 3.31. The molecule has 1 aromatic rings. The van der Waals surface area contributed by atoms with Gasteiger partial charge in [0.25, 0.3) is 0 Å². The van der Waals surface area contributed by atoms with Crippen molar-refractivity contribution in [3.63, 3.8) is 0 Å². The van der Waals surface area contributed by atoms with Crippen molar-refractivity contribution in [1.82, 2.24) is 10.3 Å². The number of rotatable bonds is 5. The first kappa shape index (κ1) is 11.5. The topological polar surface area (TPSA) is 85.1 Å². The second kappa shape index (κ2) is 6.02. The minimum Gasteiger partial charge on any atom is -0.368 e. The quantitative estimate of drug-likeness (QED) is 0.678. The first-order valence-corrected chi connectivity index (χ1v) is 5.25. The summed E-state index contributed by atoms with van der Waals surface area (Å²) in [4.78, 5) is 26.4. The Labute approximate surface area is 91.4 Å². The number of amides is 2. The van der Waals surface area contributed by atoms with Gasteiger partial charge >= 0.3 is 0 Å². The van der Waals surface area contributed by atoms with Crippen LogP contribution in [0.4, 0.5) is 0 Å². The largest absolute Gasteiger partial charge is 0.368 e. The SMILES string of the molecule is NC(=O)CNC(=O)CSc1ccncc1. The van der Waals surface area contributed by atoms with E-state index in [2.05, 4.69) is 10.3 Å². The van der Waals surface area contributed by atoms with Gasteiger partial charge in [-0.15, -0.1) is 11.8 Å². The van der Waals surface area contributed by atoms with Crippen LogP contribution in [0.3, 0.4) is 0 Å². The zero-order chi connectivity index (χ0) is 11.1. The van der Waals surface area contributed by atoms with Crippen molar-refractivity contribution in [1.29, 1.82) is 0 Å². The Morgan fingerprint density at radius 1 is 1.40 bits per heavy atom. The average molecular weight is 225 g/mol. The zero-order valence-corrected chi connectivity index (χ0v) is 8.79. The van der Waals surface area contributed by atoms with Crippen LogP contribution in [0.2, 0.25) is 0 Å². The predicted octanol–water partition coefficient (Wildman–Crippen LogP) is -0.225. The van der Waals surface area contributed by atoms with E-state index in [0.29, 0.717) is 0 Å². The van der Waals surface area contributed by atoms with Crippen LogP contribution in [0.25, 0.3) is 0 Å². The number of hydrogen-bond acceptors (Lipinski definition) is 4. The van der Waals surface area contributed by atoms with Crippen molar-refractivity contribution in [3.05, 3.63) is 24.5 Å². The lowest BCUT2D eigenvalue weighted by Gasteiger charge is -2.02. The smallest absolute Gasteiger partial charge is 0.236 e. The number of aromatic nitrogens is 1. The van der Waals surface area contributed by atoms with Crippen LogP contribution >= 0.6 is 11.8 Å². The first-order valence-electron chi connectivity index (χ1n) is 4.26. The van der Waals surface area contributed by atoms with Crippen molar-refractivity contribution >= 4 is 23.6 Å². The Bertz CT molecular complexity index is 342. The van der Waals surface area contributed by atoms with Gasteiger partial charge in [-0.25, -0.2) is 0 Å². The molecule has 15 heavy (non-hydrogen) atoms. The molecular weight excluding hydrogens is 214 g/mol. The van der Waals surface area contributed by atoms with E-state index in [4.69, 9.17) is 5.73 Å². The lowest BCUT2D eigenvalue weighted by atomic mass is 10.5. The summed E-state index contributed by atoms with van der Waals surface area (Å²) in [6, 6.07) is 3.62. The van der Waals surface area contributed by atoms with Gasteiger partial charge in [0.15, 0.2) is 0 Å². The molecule has 0 saturated heterocycles. The highest BCUT2D eigenvalue weighted by Gasteiger charge is 2.03. The Morgan fingerprint density at radius 2 is 2.07 bits per heavy atom. The van der Waals surface area contributed by atoms with Gasteiger partial charge < -0.3 is 11.1 Å². The maximum absolute atomic E-state index is 11.2. The molecule has 0 saturated carbocycles. The van der Waals surface area contributed by atoms with Gasteiger partial charge in [-0.1, -0.05) is 0 Å². The third kappa shape index (κ3) is 5.02. The number of nitrogens with zero attached hydrogens (tertiary/aromatic N) is 1. The number of thioether (sulfide) groups is 1. The van der Waals surface area contributed by atoms with Gasteiger partial charge in [0.05, 0.1) is 12.3 Å². The third-order valence-corrected chi connectivity index (χ3v) is 2.49. The molecule has 0 aliphatic rings. The number of pyridine rings is 1. The van der Waals surface area contributed by atoms with Crippen molar-refractivity contribution in [3.8, 4) is 0 Å². The highest BCUT2D eigenvalue weighted by Crippen LogP contribution is 2.15. The molecule has 1 heterocycles. The lowest BCUT2D eigenvalue weighted by Crippen LogP contribution is -2.34. The highest BCUT2D eigenvalue weighted by molar-refractivity contribution is 8.00. The number of carbonyl (C=O) groups is 2. The van der Waals surface area contributed by atoms with E-state index in [1.165, 1.54) is 11.8 Å². The summed E-state index contributed by atoms with van der Waals surface area (Å²) in [5.74, 6) is -0.495. The Balaban J connectivity index is 2.26. The summed E-state index contributed by atoms with van der Waals surface area (Å²) < 4.78 is 0. The summed E-state index contributed by atoms with van der Waals surface area (Å²) in [5, 5.41) is 2.40. The summed E-state index contributed by atoms with van der Waals surface area (Å²) in [7, 11) is 0. The Kier molecular flexibility index (Phi) is 4.62. The van der Waals surface area contributed by atoms with Crippen molar-refractivity contribution in [2.45, 2.75) is 4.90 Å². The number of primary amides is 1. The molecule has 3 N–H and O–H groups in total. The van der Waals surface area contributed by atoms with Gasteiger partial charge in [0.2, 0.25) is 11.8 Å². The van der Waals surface area contributed by atoms with E-state index in [1.54, 1.807) is 12.4 Å². The molecule has 0 bridgehead atoms. The molecule has 0 spiro atoms. The molecule has 2 amide bonds. The molecule has 6 heteroatoms. The minimum absolute atomic E-state index is 0.115. The van der Waals surface area contributed by atoms with Crippen LogP contribution in [0, 0.1) is 0 Å². The van der Waals surface area contributed by atoms with Gasteiger partial charge in [0.1, 0.15) is 0 Å². The molecule has 0 aromatic carbocycles. The van der Waals surface area contributed by atoms with Crippen molar-refractivity contribution in [2.24, 2.45) is 5.73 Å². The molecule has 0 radical (unpaired) electrons. The summed E-state index contributed by atoms with van der Waals surface area (Å²) >= 11 is 1.38. The molecule has 5 nitrogen and oxygen atoms in total. The molecule has 0 fully saturated rings. The van der Waals surface area contributed by atoms with Crippen LogP contribution in [0.1, 0.15) is 0 Å². The van der Waals surface area contributed by atoms with Gasteiger partial charge in [-0.2, -0.15) is 0 Å². The van der Waals surface area contributed by atoms with Crippen LogP contribution in [0.15, 0.2) is 29.4 Å². The van der Waals surface area contributed by atoms with Crippen molar-refractivity contribution in [2.75, 3.05) is 12.3 Å². The second-order valence-electron chi connectivity index (χ2n) is 2.71. The summed E-state index contributed by atoms with van der Waals surface area (Å²) in [5.41, 5.74) is 4.88. The monoisotopic (exact) mass is 225 g/mol. The maximum atomic E-state index is 11.2. The van der Waals surface area contributed by atoms with Crippen LogP contribution in [-0.4, -0.2) is 29.1 Å². The molecule has 1 aromatic heterocycles. The van der Waals surface area contributed by atoms with E-state index in [0.717, 1.165) is 4.90 Å². The molecule has 0 aliphatic carbocycles. The highest BCUT2D eigenvalue weighted by atomic mass is 32.2. The fraction of sp³-hybridized carbons (Fsp3) is 0.222. The minimum atomic E-state index is -0.544.